The molecule has 0 bridgehead atoms. The van der Waals surface area contributed by atoms with Gasteiger partial charge in [-0.05, 0) is 31.7 Å². The number of phenolic OH excluding ortho intramolecular Hbond substituents is 2. The van der Waals surface area contributed by atoms with E-state index in [4.69, 9.17) is 5.11 Å². The van der Waals surface area contributed by atoms with Crippen LogP contribution < -0.4 is 5.32 Å². The minimum atomic E-state index is -0.699. The molecule has 0 amide bonds. The summed E-state index contributed by atoms with van der Waals surface area (Å²) in [5.41, 5.74) is 0.734. The third-order valence-corrected chi connectivity index (χ3v) is 3.73. The van der Waals surface area contributed by atoms with Gasteiger partial charge in [0.05, 0.1) is 5.92 Å². The molecule has 1 saturated carbocycles. The summed E-state index contributed by atoms with van der Waals surface area (Å²) < 4.78 is 0. The van der Waals surface area contributed by atoms with Crippen LogP contribution >= 0.6 is 0 Å². The van der Waals surface area contributed by atoms with Gasteiger partial charge in [-0.15, -0.1) is 0 Å². The van der Waals surface area contributed by atoms with Gasteiger partial charge in [-0.3, -0.25) is 4.79 Å². The Kier molecular flexibility index (Phi) is 4.27. The second kappa shape index (κ2) is 5.93. The fourth-order valence-electron chi connectivity index (χ4n) is 2.50. The standard InChI is InChI=1S/C14H19NO4/c16-12-6-3-10(13(17)7-12)8-15-11-4-1-9(2-5-11)14(18)19/h3,6-7,9,11,15-17H,1-2,4-5,8H2,(H,18,19). The van der Waals surface area contributed by atoms with Crippen LogP contribution in [0.15, 0.2) is 18.2 Å². The number of aromatic hydroxyl groups is 2. The predicted octanol–water partition coefficient (Wildman–Crippen LogP) is 1.83. The van der Waals surface area contributed by atoms with E-state index in [9.17, 15) is 15.0 Å². The number of carboxylic acid groups (broad SMARTS) is 1. The maximum Gasteiger partial charge on any atom is 0.306 e. The lowest BCUT2D eigenvalue weighted by molar-refractivity contribution is -0.142. The fourth-order valence-corrected chi connectivity index (χ4v) is 2.50. The number of aliphatic carboxylic acids is 1. The first-order valence-corrected chi connectivity index (χ1v) is 6.53. The molecule has 4 N–H and O–H groups in total. The molecule has 0 aromatic heterocycles. The van der Waals surface area contributed by atoms with E-state index in [0.29, 0.717) is 25.4 Å². The average Bonchev–Trinajstić information content (AvgIpc) is 2.38. The molecule has 1 aromatic rings. The van der Waals surface area contributed by atoms with Crippen LogP contribution in [-0.2, 0) is 11.3 Å². The fraction of sp³-hybridized carbons (Fsp3) is 0.500. The van der Waals surface area contributed by atoms with E-state index in [0.717, 1.165) is 18.4 Å². The van der Waals surface area contributed by atoms with E-state index < -0.39 is 5.97 Å². The number of carboxylic acids is 1. The van der Waals surface area contributed by atoms with E-state index >= 15 is 0 Å². The Hall–Kier alpha value is -1.75. The summed E-state index contributed by atoms with van der Waals surface area (Å²) in [5.74, 6) is -0.787. The van der Waals surface area contributed by atoms with E-state index in [-0.39, 0.29) is 17.4 Å². The third kappa shape index (κ3) is 3.61. The smallest absolute Gasteiger partial charge is 0.306 e. The van der Waals surface area contributed by atoms with Crippen molar-refractivity contribution in [3.63, 3.8) is 0 Å². The number of benzene rings is 1. The van der Waals surface area contributed by atoms with Crippen molar-refractivity contribution in [1.82, 2.24) is 5.32 Å². The average molecular weight is 265 g/mol. The highest BCUT2D eigenvalue weighted by atomic mass is 16.4. The highest BCUT2D eigenvalue weighted by Crippen LogP contribution is 2.26. The second-order valence-electron chi connectivity index (χ2n) is 5.08. The molecule has 1 aromatic carbocycles. The van der Waals surface area contributed by atoms with Gasteiger partial charge in [-0.1, -0.05) is 6.07 Å². The molecule has 19 heavy (non-hydrogen) atoms. The van der Waals surface area contributed by atoms with Crippen molar-refractivity contribution in [2.24, 2.45) is 5.92 Å². The van der Waals surface area contributed by atoms with Gasteiger partial charge in [-0.25, -0.2) is 0 Å². The number of rotatable bonds is 4. The summed E-state index contributed by atoms with van der Waals surface area (Å²) in [6, 6.07) is 4.83. The minimum Gasteiger partial charge on any atom is -0.508 e. The first kappa shape index (κ1) is 13.7. The van der Waals surface area contributed by atoms with Crippen molar-refractivity contribution < 1.29 is 20.1 Å². The molecular weight excluding hydrogens is 246 g/mol. The molecule has 1 fully saturated rings. The molecular formula is C14H19NO4. The monoisotopic (exact) mass is 265 g/mol. The number of carbonyl (C=O) groups is 1. The first-order chi connectivity index (χ1) is 9.06. The summed E-state index contributed by atoms with van der Waals surface area (Å²) in [6.45, 7) is 0.522. The van der Waals surface area contributed by atoms with Crippen LogP contribution in [0.3, 0.4) is 0 Å². The van der Waals surface area contributed by atoms with Crippen molar-refractivity contribution in [2.75, 3.05) is 0 Å². The zero-order valence-corrected chi connectivity index (χ0v) is 10.7. The Labute approximate surface area is 111 Å². The van der Waals surface area contributed by atoms with Crippen molar-refractivity contribution in [3.8, 4) is 11.5 Å². The van der Waals surface area contributed by atoms with Crippen LogP contribution in [0.4, 0.5) is 0 Å². The Bertz CT molecular complexity index is 453. The van der Waals surface area contributed by atoms with Crippen molar-refractivity contribution in [3.05, 3.63) is 23.8 Å². The Morgan fingerprint density at radius 2 is 1.89 bits per heavy atom. The van der Waals surface area contributed by atoms with E-state index in [1.807, 2.05) is 0 Å². The lowest BCUT2D eigenvalue weighted by Crippen LogP contribution is -2.34. The largest absolute Gasteiger partial charge is 0.508 e. The SMILES string of the molecule is O=C(O)C1CCC(NCc2ccc(O)cc2O)CC1. The molecule has 1 aliphatic rings. The van der Waals surface area contributed by atoms with Gasteiger partial charge in [0.15, 0.2) is 0 Å². The van der Waals surface area contributed by atoms with E-state index in [2.05, 4.69) is 5.32 Å². The lowest BCUT2D eigenvalue weighted by atomic mass is 9.86. The molecule has 0 heterocycles. The topological polar surface area (TPSA) is 89.8 Å². The zero-order chi connectivity index (χ0) is 13.8. The molecule has 0 saturated heterocycles. The van der Waals surface area contributed by atoms with Gasteiger partial charge in [-0.2, -0.15) is 0 Å². The number of hydrogen-bond acceptors (Lipinski definition) is 4. The quantitative estimate of drug-likeness (QED) is 0.667. The third-order valence-electron chi connectivity index (χ3n) is 3.73. The van der Waals surface area contributed by atoms with Crippen molar-refractivity contribution >= 4 is 5.97 Å². The predicted molar refractivity (Wildman–Crippen MR) is 70.0 cm³/mol. The molecule has 2 rings (SSSR count). The molecule has 0 radical (unpaired) electrons. The molecule has 0 spiro atoms. The Balaban J connectivity index is 1.82. The van der Waals surface area contributed by atoms with Gasteiger partial charge >= 0.3 is 5.97 Å². The van der Waals surface area contributed by atoms with Crippen LogP contribution in [0.5, 0.6) is 11.5 Å². The molecule has 0 atom stereocenters. The number of phenols is 2. The molecule has 0 unspecified atom stereocenters. The number of hydrogen-bond donors (Lipinski definition) is 4. The molecule has 5 heteroatoms. The zero-order valence-electron chi connectivity index (χ0n) is 10.7. The summed E-state index contributed by atoms with van der Waals surface area (Å²) in [6.07, 6.45) is 3.09. The van der Waals surface area contributed by atoms with Crippen LogP contribution in [-0.4, -0.2) is 27.3 Å². The maximum atomic E-state index is 10.8. The second-order valence-corrected chi connectivity index (χ2v) is 5.08. The van der Waals surface area contributed by atoms with Gasteiger partial charge < -0.3 is 20.6 Å². The molecule has 0 aliphatic heterocycles. The Morgan fingerprint density at radius 3 is 2.47 bits per heavy atom. The summed E-state index contributed by atoms with van der Waals surface area (Å²) >= 11 is 0. The highest BCUT2D eigenvalue weighted by Gasteiger charge is 2.25. The first-order valence-electron chi connectivity index (χ1n) is 6.53. The van der Waals surface area contributed by atoms with Crippen LogP contribution in [0, 0.1) is 5.92 Å². The number of nitrogens with one attached hydrogen (secondary N) is 1. The Morgan fingerprint density at radius 1 is 1.21 bits per heavy atom. The minimum absolute atomic E-state index is 0.0446. The highest BCUT2D eigenvalue weighted by molar-refractivity contribution is 5.70. The van der Waals surface area contributed by atoms with Crippen LogP contribution in [0.2, 0.25) is 0 Å². The van der Waals surface area contributed by atoms with Gasteiger partial charge in [0, 0.05) is 24.2 Å². The van der Waals surface area contributed by atoms with E-state index in [1.165, 1.54) is 12.1 Å². The van der Waals surface area contributed by atoms with Gasteiger partial charge in [0.1, 0.15) is 11.5 Å². The van der Waals surface area contributed by atoms with Crippen LogP contribution in [0.25, 0.3) is 0 Å². The van der Waals surface area contributed by atoms with Gasteiger partial charge in [0.2, 0.25) is 0 Å². The molecule has 5 nitrogen and oxygen atoms in total. The normalized spacial score (nSPS) is 23.2. The maximum absolute atomic E-state index is 10.8. The lowest BCUT2D eigenvalue weighted by Gasteiger charge is -2.27. The van der Waals surface area contributed by atoms with Crippen molar-refractivity contribution in [2.45, 2.75) is 38.3 Å². The van der Waals surface area contributed by atoms with Crippen molar-refractivity contribution in [1.29, 1.82) is 0 Å². The molecule has 1 aliphatic carbocycles. The summed E-state index contributed by atoms with van der Waals surface area (Å²) in [7, 11) is 0. The summed E-state index contributed by atoms with van der Waals surface area (Å²) in [4.78, 5) is 10.8. The van der Waals surface area contributed by atoms with E-state index in [1.54, 1.807) is 6.07 Å². The van der Waals surface area contributed by atoms with Crippen LogP contribution in [0.1, 0.15) is 31.2 Å². The molecule has 104 valence electrons. The van der Waals surface area contributed by atoms with Gasteiger partial charge in [0.25, 0.3) is 0 Å². The summed E-state index contributed by atoms with van der Waals surface area (Å²) in [5, 5.41) is 31.1.